The molecule has 2 rings (SSSR count). The summed E-state index contributed by atoms with van der Waals surface area (Å²) in [5.74, 6) is 0.923. The predicted octanol–water partition coefficient (Wildman–Crippen LogP) is 3.18. The fourth-order valence-corrected chi connectivity index (χ4v) is 1.76. The SMILES string of the molecule is Cc1ccc(C)c(Nc2nc(N)ncc2Br)c1. The lowest BCUT2D eigenvalue weighted by Gasteiger charge is -2.11. The number of halogens is 1. The molecule has 0 unspecified atom stereocenters. The molecule has 0 fully saturated rings. The fraction of sp³-hybridized carbons (Fsp3) is 0.167. The summed E-state index contributed by atoms with van der Waals surface area (Å²) in [6.07, 6.45) is 1.63. The Bertz CT molecular complexity index is 505. The molecule has 1 heterocycles. The van der Waals surface area contributed by atoms with Gasteiger partial charge in [0, 0.05) is 11.9 Å². The van der Waals surface area contributed by atoms with Crippen LogP contribution in [0.25, 0.3) is 0 Å². The van der Waals surface area contributed by atoms with Crippen molar-refractivity contribution < 1.29 is 0 Å². The molecule has 3 N–H and O–H groups in total. The zero-order valence-corrected chi connectivity index (χ0v) is 11.2. The third-order valence-corrected chi connectivity index (χ3v) is 2.99. The number of nitrogens with one attached hydrogen (secondary N) is 1. The number of hydrogen-bond acceptors (Lipinski definition) is 4. The summed E-state index contributed by atoms with van der Waals surface area (Å²) in [6.45, 7) is 4.09. The van der Waals surface area contributed by atoms with Crippen molar-refractivity contribution in [1.29, 1.82) is 0 Å². The molecule has 0 amide bonds. The smallest absolute Gasteiger partial charge is 0.222 e. The van der Waals surface area contributed by atoms with Crippen LogP contribution in [0.2, 0.25) is 0 Å². The van der Waals surface area contributed by atoms with Gasteiger partial charge in [-0.25, -0.2) is 4.98 Å². The van der Waals surface area contributed by atoms with Crippen molar-refractivity contribution in [3.63, 3.8) is 0 Å². The zero-order chi connectivity index (χ0) is 12.4. The Balaban J connectivity index is 2.37. The Morgan fingerprint density at radius 2 is 2.06 bits per heavy atom. The van der Waals surface area contributed by atoms with Gasteiger partial charge in [-0.1, -0.05) is 12.1 Å². The van der Waals surface area contributed by atoms with Crippen molar-refractivity contribution in [2.75, 3.05) is 11.1 Å². The summed E-state index contributed by atoms with van der Waals surface area (Å²) in [5.41, 5.74) is 8.93. The monoisotopic (exact) mass is 292 g/mol. The van der Waals surface area contributed by atoms with Gasteiger partial charge in [-0.15, -0.1) is 0 Å². The minimum atomic E-state index is 0.251. The van der Waals surface area contributed by atoms with Gasteiger partial charge in [0.1, 0.15) is 5.82 Å². The maximum Gasteiger partial charge on any atom is 0.222 e. The van der Waals surface area contributed by atoms with E-state index < -0.39 is 0 Å². The molecule has 0 aliphatic heterocycles. The molecule has 0 radical (unpaired) electrons. The molecule has 88 valence electrons. The van der Waals surface area contributed by atoms with E-state index >= 15 is 0 Å². The number of nitrogen functional groups attached to an aromatic ring is 1. The van der Waals surface area contributed by atoms with E-state index in [2.05, 4.69) is 49.4 Å². The summed E-state index contributed by atoms with van der Waals surface area (Å²) >= 11 is 3.39. The first kappa shape index (κ1) is 11.9. The molecule has 0 atom stereocenters. The Morgan fingerprint density at radius 3 is 2.82 bits per heavy atom. The van der Waals surface area contributed by atoms with E-state index in [1.165, 1.54) is 5.56 Å². The third-order valence-electron chi connectivity index (χ3n) is 2.41. The van der Waals surface area contributed by atoms with E-state index in [1.807, 2.05) is 13.8 Å². The van der Waals surface area contributed by atoms with Crippen LogP contribution in [0.4, 0.5) is 17.5 Å². The summed E-state index contributed by atoms with van der Waals surface area (Å²) in [5, 5.41) is 3.24. The van der Waals surface area contributed by atoms with Crippen molar-refractivity contribution in [1.82, 2.24) is 9.97 Å². The Labute approximate surface area is 108 Å². The molecule has 1 aromatic carbocycles. The first-order valence-corrected chi connectivity index (χ1v) is 5.98. The molecule has 5 heteroatoms. The van der Waals surface area contributed by atoms with Crippen molar-refractivity contribution in [2.45, 2.75) is 13.8 Å². The quantitative estimate of drug-likeness (QED) is 0.892. The number of benzene rings is 1. The summed E-state index contributed by atoms with van der Waals surface area (Å²) in [4.78, 5) is 8.05. The van der Waals surface area contributed by atoms with Gasteiger partial charge in [-0.05, 0) is 47.0 Å². The van der Waals surface area contributed by atoms with Crippen LogP contribution in [-0.4, -0.2) is 9.97 Å². The molecule has 0 aliphatic carbocycles. The number of aromatic nitrogens is 2. The molecule has 0 saturated carbocycles. The lowest BCUT2D eigenvalue weighted by Crippen LogP contribution is -2.01. The standard InChI is InChI=1S/C12H13BrN4/c1-7-3-4-8(2)10(5-7)16-11-9(13)6-15-12(14)17-11/h3-6H,1-2H3,(H3,14,15,16,17). The predicted molar refractivity (Wildman–Crippen MR) is 73.3 cm³/mol. The van der Waals surface area contributed by atoms with Gasteiger partial charge in [0.05, 0.1) is 4.47 Å². The molecule has 0 bridgehead atoms. The first-order valence-electron chi connectivity index (χ1n) is 5.18. The second kappa shape index (κ2) is 4.71. The average molecular weight is 293 g/mol. The number of anilines is 3. The van der Waals surface area contributed by atoms with Crippen LogP contribution in [0.15, 0.2) is 28.9 Å². The number of rotatable bonds is 2. The van der Waals surface area contributed by atoms with Crippen LogP contribution in [0.1, 0.15) is 11.1 Å². The van der Waals surface area contributed by atoms with Gasteiger partial charge < -0.3 is 11.1 Å². The number of nitrogens with zero attached hydrogens (tertiary/aromatic N) is 2. The maximum absolute atomic E-state index is 5.57. The number of aryl methyl sites for hydroxylation is 2. The normalized spacial score (nSPS) is 10.3. The molecule has 0 saturated heterocycles. The van der Waals surface area contributed by atoms with Crippen molar-refractivity contribution in [3.05, 3.63) is 40.0 Å². The second-order valence-corrected chi connectivity index (χ2v) is 4.72. The van der Waals surface area contributed by atoms with Gasteiger partial charge in [0.15, 0.2) is 0 Å². The topological polar surface area (TPSA) is 63.8 Å². The summed E-state index contributed by atoms with van der Waals surface area (Å²) in [7, 11) is 0. The first-order chi connectivity index (χ1) is 8.06. The molecule has 0 spiro atoms. The number of nitrogens with two attached hydrogens (primary N) is 1. The van der Waals surface area contributed by atoms with Crippen molar-refractivity contribution in [3.8, 4) is 0 Å². The van der Waals surface area contributed by atoms with E-state index in [1.54, 1.807) is 6.20 Å². The zero-order valence-electron chi connectivity index (χ0n) is 9.66. The van der Waals surface area contributed by atoms with Crippen LogP contribution in [0.3, 0.4) is 0 Å². The maximum atomic E-state index is 5.57. The van der Waals surface area contributed by atoms with Crippen LogP contribution in [0, 0.1) is 13.8 Å². The highest BCUT2D eigenvalue weighted by atomic mass is 79.9. The Kier molecular flexibility index (Phi) is 3.28. The van der Waals surface area contributed by atoms with Gasteiger partial charge in [0.25, 0.3) is 0 Å². The molecular weight excluding hydrogens is 280 g/mol. The molecule has 2 aromatic rings. The summed E-state index contributed by atoms with van der Waals surface area (Å²) < 4.78 is 0.785. The van der Waals surface area contributed by atoms with Crippen LogP contribution in [-0.2, 0) is 0 Å². The van der Waals surface area contributed by atoms with Gasteiger partial charge in [-0.3, -0.25) is 0 Å². The average Bonchev–Trinajstić information content (AvgIpc) is 2.28. The van der Waals surface area contributed by atoms with E-state index in [4.69, 9.17) is 5.73 Å². The highest BCUT2D eigenvalue weighted by Crippen LogP contribution is 2.26. The van der Waals surface area contributed by atoms with Crippen molar-refractivity contribution >= 4 is 33.4 Å². The lowest BCUT2D eigenvalue weighted by molar-refractivity contribution is 1.17. The second-order valence-electron chi connectivity index (χ2n) is 3.87. The van der Waals surface area contributed by atoms with Crippen LogP contribution >= 0.6 is 15.9 Å². The number of hydrogen-bond donors (Lipinski definition) is 2. The molecule has 0 aliphatic rings. The van der Waals surface area contributed by atoms with Crippen LogP contribution in [0.5, 0.6) is 0 Å². The van der Waals surface area contributed by atoms with E-state index in [0.29, 0.717) is 5.82 Å². The minimum Gasteiger partial charge on any atom is -0.368 e. The van der Waals surface area contributed by atoms with E-state index in [0.717, 1.165) is 15.7 Å². The largest absolute Gasteiger partial charge is 0.368 e. The van der Waals surface area contributed by atoms with Gasteiger partial charge in [0.2, 0.25) is 5.95 Å². The molecule has 1 aromatic heterocycles. The molecule has 17 heavy (non-hydrogen) atoms. The molecular formula is C12H13BrN4. The van der Waals surface area contributed by atoms with Gasteiger partial charge >= 0.3 is 0 Å². The Morgan fingerprint density at radius 1 is 1.29 bits per heavy atom. The highest BCUT2D eigenvalue weighted by molar-refractivity contribution is 9.10. The van der Waals surface area contributed by atoms with Crippen LogP contribution < -0.4 is 11.1 Å². The van der Waals surface area contributed by atoms with E-state index in [-0.39, 0.29) is 5.95 Å². The fourth-order valence-electron chi connectivity index (χ4n) is 1.47. The van der Waals surface area contributed by atoms with Gasteiger partial charge in [-0.2, -0.15) is 4.98 Å². The van der Waals surface area contributed by atoms with Crippen molar-refractivity contribution in [2.24, 2.45) is 0 Å². The third kappa shape index (κ3) is 2.74. The van der Waals surface area contributed by atoms with E-state index in [9.17, 15) is 0 Å². The minimum absolute atomic E-state index is 0.251. The Hall–Kier alpha value is -1.62. The lowest BCUT2D eigenvalue weighted by atomic mass is 10.1. The highest BCUT2D eigenvalue weighted by Gasteiger charge is 2.05. The molecule has 4 nitrogen and oxygen atoms in total. The summed E-state index contributed by atoms with van der Waals surface area (Å²) in [6, 6.07) is 6.21.